The van der Waals surface area contributed by atoms with Crippen LogP contribution in [0.15, 0.2) is 28.7 Å². The van der Waals surface area contributed by atoms with E-state index in [4.69, 9.17) is 4.74 Å². The van der Waals surface area contributed by atoms with Crippen molar-refractivity contribution < 1.29 is 9.53 Å². The molecule has 1 saturated carbocycles. The number of esters is 1. The molecular weight excluding hydrogens is 268 g/mol. The SMILES string of the molecule is COC(=O)[C@H]1CC[C@@H](c2ccc(Br)cc2)C1. The number of carbonyl (C=O) groups excluding carboxylic acids is 1. The zero-order valence-electron chi connectivity index (χ0n) is 9.28. The normalized spacial score (nSPS) is 24.4. The van der Waals surface area contributed by atoms with Crippen LogP contribution in [0.25, 0.3) is 0 Å². The molecule has 1 aliphatic rings. The van der Waals surface area contributed by atoms with Gasteiger partial charge in [0.05, 0.1) is 13.0 Å². The third-order valence-electron chi connectivity index (χ3n) is 3.31. The molecule has 0 aliphatic heterocycles. The van der Waals surface area contributed by atoms with Gasteiger partial charge in [0.1, 0.15) is 0 Å². The van der Waals surface area contributed by atoms with Crippen LogP contribution in [-0.2, 0) is 9.53 Å². The monoisotopic (exact) mass is 282 g/mol. The lowest BCUT2D eigenvalue weighted by atomic mass is 9.96. The highest BCUT2D eigenvalue weighted by atomic mass is 79.9. The molecule has 2 nitrogen and oxygen atoms in total. The van der Waals surface area contributed by atoms with Crippen LogP contribution >= 0.6 is 15.9 Å². The summed E-state index contributed by atoms with van der Waals surface area (Å²) in [5.41, 5.74) is 1.33. The van der Waals surface area contributed by atoms with Gasteiger partial charge in [0.25, 0.3) is 0 Å². The molecule has 16 heavy (non-hydrogen) atoms. The van der Waals surface area contributed by atoms with Gasteiger partial charge in [-0.2, -0.15) is 0 Å². The summed E-state index contributed by atoms with van der Waals surface area (Å²) in [5, 5.41) is 0. The summed E-state index contributed by atoms with van der Waals surface area (Å²) < 4.78 is 5.89. The molecule has 0 heterocycles. The molecule has 3 heteroatoms. The maximum absolute atomic E-state index is 11.4. The topological polar surface area (TPSA) is 26.3 Å². The van der Waals surface area contributed by atoms with Gasteiger partial charge < -0.3 is 4.74 Å². The van der Waals surface area contributed by atoms with Gasteiger partial charge in [0.15, 0.2) is 0 Å². The lowest BCUT2D eigenvalue weighted by molar-refractivity contribution is -0.145. The molecule has 0 N–H and O–H groups in total. The number of halogens is 1. The third-order valence-corrected chi connectivity index (χ3v) is 3.84. The molecular formula is C13H15BrO2. The maximum atomic E-state index is 11.4. The molecule has 0 saturated heterocycles. The van der Waals surface area contributed by atoms with Crippen molar-refractivity contribution in [1.29, 1.82) is 0 Å². The Morgan fingerprint density at radius 2 is 2.00 bits per heavy atom. The minimum Gasteiger partial charge on any atom is -0.469 e. The largest absolute Gasteiger partial charge is 0.469 e. The number of benzene rings is 1. The van der Waals surface area contributed by atoms with Gasteiger partial charge in [-0.25, -0.2) is 0 Å². The highest BCUT2D eigenvalue weighted by Gasteiger charge is 2.31. The quantitative estimate of drug-likeness (QED) is 0.776. The molecule has 0 unspecified atom stereocenters. The van der Waals surface area contributed by atoms with E-state index in [0.29, 0.717) is 5.92 Å². The van der Waals surface area contributed by atoms with Crippen molar-refractivity contribution in [3.8, 4) is 0 Å². The summed E-state index contributed by atoms with van der Waals surface area (Å²) in [6.07, 6.45) is 2.96. The molecule has 0 bridgehead atoms. The van der Waals surface area contributed by atoms with E-state index < -0.39 is 0 Å². The van der Waals surface area contributed by atoms with E-state index >= 15 is 0 Å². The lowest BCUT2D eigenvalue weighted by Gasteiger charge is -2.10. The Morgan fingerprint density at radius 3 is 2.62 bits per heavy atom. The molecule has 1 aromatic carbocycles. The van der Waals surface area contributed by atoms with Crippen LogP contribution in [0.1, 0.15) is 30.7 Å². The standard InChI is InChI=1S/C13H15BrO2/c1-16-13(15)11-3-2-10(8-11)9-4-6-12(14)7-5-9/h4-7,10-11H,2-3,8H2,1H3/t10-,11+/m1/s1. The van der Waals surface area contributed by atoms with Gasteiger partial charge in [0, 0.05) is 4.47 Å². The zero-order chi connectivity index (χ0) is 11.5. The van der Waals surface area contributed by atoms with Crippen molar-refractivity contribution in [3.63, 3.8) is 0 Å². The Morgan fingerprint density at radius 1 is 1.31 bits per heavy atom. The zero-order valence-corrected chi connectivity index (χ0v) is 10.9. The van der Waals surface area contributed by atoms with Crippen LogP contribution in [0.3, 0.4) is 0 Å². The van der Waals surface area contributed by atoms with E-state index in [0.717, 1.165) is 23.7 Å². The maximum Gasteiger partial charge on any atom is 0.308 e. The number of hydrogen-bond donors (Lipinski definition) is 0. The van der Waals surface area contributed by atoms with Crippen LogP contribution in [-0.4, -0.2) is 13.1 Å². The first-order valence-electron chi connectivity index (χ1n) is 5.54. The van der Waals surface area contributed by atoms with Gasteiger partial charge in [-0.1, -0.05) is 28.1 Å². The Hall–Kier alpha value is -0.830. The minimum atomic E-state index is -0.0559. The Bertz CT molecular complexity index is 372. The summed E-state index contributed by atoms with van der Waals surface area (Å²) in [6.45, 7) is 0. The van der Waals surface area contributed by atoms with Gasteiger partial charge in [-0.3, -0.25) is 4.79 Å². The molecule has 0 spiro atoms. The fourth-order valence-corrected chi connectivity index (χ4v) is 2.66. The van der Waals surface area contributed by atoms with Crippen molar-refractivity contribution in [2.75, 3.05) is 7.11 Å². The average Bonchev–Trinajstić information content (AvgIpc) is 2.78. The van der Waals surface area contributed by atoms with Crippen molar-refractivity contribution in [1.82, 2.24) is 0 Å². The summed E-state index contributed by atoms with van der Waals surface area (Å²) >= 11 is 3.43. The lowest BCUT2D eigenvalue weighted by Crippen LogP contribution is -2.12. The Balaban J connectivity index is 2.03. The second-order valence-electron chi connectivity index (χ2n) is 4.28. The molecule has 1 aliphatic carbocycles. The summed E-state index contributed by atoms with van der Waals surface area (Å²) in [7, 11) is 1.47. The van der Waals surface area contributed by atoms with E-state index in [9.17, 15) is 4.79 Å². The smallest absolute Gasteiger partial charge is 0.308 e. The van der Waals surface area contributed by atoms with Gasteiger partial charge >= 0.3 is 5.97 Å². The summed E-state index contributed by atoms with van der Waals surface area (Å²) in [5.74, 6) is 0.551. The van der Waals surface area contributed by atoms with Crippen LogP contribution in [0.4, 0.5) is 0 Å². The first kappa shape index (κ1) is 11.6. The number of hydrogen-bond acceptors (Lipinski definition) is 2. The number of methoxy groups -OCH3 is 1. The van der Waals surface area contributed by atoms with Gasteiger partial charge in [0.2, 0.25) is 0 Å². The Labute approximate surface area is 104 Å². The second kappa shape index (κ2) is 5.00. The fraction of sp³-hybridized carbons (Fsp3) is 0.462. The van der Waals surface area contributed by atoms with E-state index in [2.05, 4.69) is 40.2 Å². The number of carbonyl (C=O) groups is 1. The number of rotatable bonds is 2. The van der Waals surface area contributed by atoms with Crippen molar-refractivity contribution >= 4 is 21.9 Å². The molecule has 1 fully saturated rings. The van der Waals surface area contributed by atoms with Crippen LogP contribution in [0.5, 0.6) is 0 Å². The Kier molecular flexibility index (Phi) is 3.64. The first-order valence-corrected chi connectivity index (χ1v) is 6.33. The van der Waals surface area contributed by atoms with E-state index in [1.54, 1.807) is 0 Å². The van der Waals surface area contributed by atoms with Gasteiger partial charge in [-0.15, -0.1) is 0 Å². The summed E-state index contributed by atoms with van der Waals surface area (Å²) in [4.78, 5) is 11.4. The molecule has 0 amide bonds. The van der Waals surface area contributed by atoms with E-state index in [1.807, 2.05) is 0 Å². The van der Waals surface area contributed by atoms with E-state index in [-0.39, 0.29) is 11.9 Å². The molecule has 1 aromatic rings. The van der Waals surface area contributed by atoms with E-state index in [1.165, 1.54) is 12.7 Å². The molecule has 0 aromatic heterocycles. The predicted octanol–water partition coefficient (Wildman–Crippen LogP) is 3.51. The average molecular weight is 283 g/mol. The third kappa shape index (κ3) is 2.46. The number of ether oxygens (including phenoxy) is 1. The van der Waals surface area contributed by atoms with Crippen molar-refractivity contribution in [3.05, 3.63) is 34.3 Å². The van der Waals surface area contributed by atoms with Crippen LogP contribution < -0.4 is 0 Å². The van der Waals surface area contributed by atoms with Crippen molar-refractivity contribution in [2.24, 2.45) is 5.92 Å². The first-order chi connectivity index (χ1) is 7.70. The highest BCUT2D eigenvalue weighted by molar-refractivity contribution is 9.10. The predicted molar refractivity (Wildman–Crippen MR) is 66.2 cm³/mol. The molecule has 86 valence electrons. The van der Waals surface area contributed by atoms with Crippen LogP contribution in [0.2, 0.25) is 0 Å². The van der Waals surface area contributed by atoms with Gasteiger partial charge in [-0.05, 0) is 42.9 Å². The molecule has 0 radical (unpaired) electrons. The highest BCUT2D eigenvalue weighted by Crippen LogP contribution is 2.38. The van der Waals surface area contributed by atoms with Crippen LogP contribution in [0, 0.1) is 5.92 Å². The second-order valence-corrected chi connectivity index (χ2v) is 5.20. The molecule has 2 rings (SSSR count). The van der Waals surface area contributed by atoms with Crippen molar-refractivity contribution in [2.45, 2.75) is 25.2 Å². The fourth-order valence-electron chi connectivity index (χ4n) is 2.40. The summed E-state index contributed by atoms with van der Waals surface area (Å²) in [6, 6.07) is 8.38. The molecule has 2 atom stereocenters. The minimum absolute atomic E-state index is 0.0559.